The number of carbonyl (C=O) groups is 2. The molecular weight excluding hydrogens is 280 g/mol. The van der Waals surface area contributed by atoms with Crippen LogP contribution in [0.25, 0.3) is 0 Å². The molecule has 0 bridgehead atoms. The lowest BCUT2D eigenvalue weighted by atomic mass is 10.0. The quantitative estimate of drug-likeness (QED) is 0.625. The van der Waals surface area contributed by atoms with Crippen molar-refractivity contribution in [2.24, 2.45) is 0 Å². The SMILES string of the molecule is CCc1cccc2c1S/C(=C/C(=O)c1ccccc1)C2=O. The Bertz CT molecular complexity index is 745. The van der Waals surface area contributed by atoms with Gasteiger partial charge in [-0.2, -0.15) is 0 Å². The molecule has 2 nitrogen and oxygen atoms in total. The molecule has 0 amide bonds. The van der Waals surface area contributed by atoms with Gasteiger partial charge in [-0.05, 0) is 18.1 Å². The Morgan fingerprint density at radius 1 is 1.10 bits per heavy atom. The van der Waals surface area contributed by atoms with E-state index in [9.17, 15) is 9.59 Å². The molecular formula is C18H14O2S. The summed E-state index contributed by atoms with van der Waals surface area (Å²) in [4.78, 5) is 26.1. The zero-order valence-corrected chi connectivity index (χ0v) is 12.4. The Hall–Kier alpha value is -2.13. The van der Waals surface area contributed by atoms with Crippen LogP contribution < -0.4 is 0 Å². The molecule has 2 aromatic rings. The van der Waals surface area contributed by atoms with Crippen LogP contribution in [0.2, 0.25) is 0 Å². The molecule has 104 valence electrons. The first kappa shape index (κ1) is 13.8. The van der Waals surface area contributed by atoms with E-state index in [-0.39, 0.29) is 11.6 Å². The van der Waals surface area contributed by atoms with E-state index in [1.165, 1.54) is 17.8 Å². The minimum Gasteiger partial charge on any atom is -0.289 e. The maximum atomic E-state index is 12.4. The van der Waals surface area contributed by atoms with Crippen LogP contribution in [0, 0.1) is 0 Å². The van der Waals surface area contributed by atoms with E-state index in [4.69, 9.17) is 0 Å². The van der Waals surface area contributed by atoms with Crippen molar-refractivity contribution in [3.8, 4) is 0 Å². The third kappa shape index (κ3) is 2.57. The molecule has 0 saturated carbocycles. The molecule has 1 heterocycles. The van der Waals surface area contributed by atoms with Crippen molar-refractivity contribution >= 4 is 23.3 Å². The Labute approximate surface area is 127 Å². The molecule has 0 spiro atoms. The summed E-state index contributed by atoms with van der Waals surface area (Å²) in [5, 5.41) is 0. The third-order valence-corrected chi connectivity index (χ3v) is 4.69. The number of Topliss-reactive ketones (excluding diaryl/α,β-unsaturated/α-hetero) is 1. The lowest BCUT2D eigenvalue weighted by Crippen LogP contribution is -1.99. The molecule has 1 aliphatic rings. The number of carbonyl (C=O) groups excluding carboxylic acids is 2. The Balaban J connectivity index is 1.95. The molecule has 0 fully saturated rings. The number of benzene rings is 2. The number of hydrogen-bond donors (Lipinski definition) is 0. The Morgan fingerprint density at radius 2 is 1.86 bits per heavy atom. The highest BCUT2D eigenvalue weighted by molar-refractivity contribution is 8.04. The van der Waals surface area contributed by atoms with Crippen molar-refractivity contribution in [1.82, 2.24) is 0 Å². The van der Waals surface area contributed by atoms with Gasteiger partial charge in [-0.3, -0.25) is 9.59 Å². The van der Waals surface area contributed by atoms with Crippen LogP contribution in [-0.2, 0) is 6.42 Å². The van der Waals surface area contributed by atoms with Crippen LogP contribution in [-0.4, -0.2) is 11.6 Å². The van der Waals surface area contributed by atoms with Gasteiger partial charge in [0.2, 0.25) is 5.78 Å². The second-order valence-electron chi connectivity index (χ2n) is 4.82. The van der Waals surface area contributed by atoms with Gasteiger partial charge in [0.15, 0.2) is 5.78 Å². The molecule has 3 rings (SSSR count). The van der Waals surface area contributed by atoms with Crippen LogP contribution >= 0.6 is 11.8 Å². The summed E-state index contributed by atoms with van der Waals surface area (Å²) in [6.45, 7) is 2.07. The number of thioether (sulfide) groups is 1. The van der Waals surface area contributed by atoms with Gasteiger partial charge < -0.3 is 0 Å². The van der Waals surface area contributed by atoms with Gasteiger partial charge in [0.05, 0.1) is 4.91 Å². The van der Waals surface area contributed by atoms with Crippen LogP contribution in [0.1, 0.15) is 33.2 Å². The van der Waals surface area contributed by atoms with Gasteiger partial charge in [-0.15, -0.1) is 0 Å². The fraction of sp³-hybridized carbons (Fsp3) is 0.111. The standard InChI is InChI=1S/C18H14O2S/c1-2-12-9-6-10-14-17(20)16(21-18(12)14)11-15(19)13-7-4-3-5-8-13/h3-11H,2H2,1H3/b16-11+. The van der Waals surface area contributed by atoms with E-state index >= 15 is 0 Å². The largest absolute Gasteiger partial charge is 0.289 e. The average molecular weight is 294 g/mol. The molecule has 0 aromatic heterocycles. The normalized spacial score (nSPS) is 15.3. The smallest absolute Gasteiger partial charge is 0.200 e. The monoisotopic (exact) mass is 294 g/mol. The van der Waals surface area contributed by atoms with E-state index in [0.717, 1.165) is 16.9 Å². The van der Waals surface area contributed by atoms with Crippen molar-refractivity contribution < 1.29 is 9.59 Å². The highest BCUT2D eigenvalue weighted by atomic mass is 32.2. The lowest BCUT2D eigenvalue weighted by Gasteiger charge is -2.02. The Kier molecular flexibility index (Phi) is 3.76. The van der Waals surface area contributed by atoms with Gasteiger partial charge in [0.25, 0.3) is 0 Å². The van der Waals surface area contributed by atoms with Gasteiger partial charge in [-0.1, -0.05) is 61.2 Å². The van der Waals surface area contributed by atoms with Crippen molar-refractivity contribution in [3.05, 3.63) is 76.2 Å². The first-order chi connectivity index (χ1) is 10.2. The molecule has 0 radical (unpaired) electrons. The zero-order valence-electron chi connectivity index (χ0n) is 11.6. The van der Waals surface area contributed by atoms with Crippen molar-refractivity contribution in [3.63, 3.8) is 0 Å². The molecule has 21 heavy (non-hydrogen) atoms. The molecule has 0 N–H and O–H groups in total. The van der Waals surface area contributed by atoms with Crippen LogP contribution in [0.5, 0.6) is 0 Å². The molecule has 0 atom stereocenters. The summed E-state index contributed by atoms with van der Waals surface area (Å²) in [5.74, 6) is -0.174. The number of hydrogen-bond acceptors (Lipinski definition) is 3. The summed E-state index contributed by atoms with van der Waals surface area (Å²) < 4.78 is 0. The predicted molar refractivity (Wildman–Crippen MR) is 84.9 cm³/mol. The fourth-order valence-corrected chi connectivity index (χ4v) is 3.55. The van der Waals surface area contributed by atoms with Gasteiger partial charge in [0.1, 0.15) is 0 Å². The first-order valence-corrected chi connectivity index (χ1v) is 7.68. The zero-order chi connectivity index (χ0) is 14.8. The number of fused-ring (bicyclic) bond motifs is 1. The Morgan fingerprint density at radius 3 is 2.57 bits per heavy atom. The van der Waals surface area contributed by atoms with Crippen molar-refractivity contribution in [2.45, 2.75) is 18.2 Å². The lowest BCUT2D eigenvalue weighted by molar-refractivity contribution is 0.102. The number of rotatable bonds is 3. The van der Waals surface area contributed by atoms with E-state index < -0.39 is 0 Å². The topological polar surface area (TPSA) is 34.1 Å². The van der Waals surface area contributed by atoms with Gasteiger partial charge >= 0.3 is 0 Å². The maximum Gasteiger partial charge on any atom is 0.200 e. The number of allylic oxidation sites excluding steroid dienone is 2. The summed E-state index contributed by atoms with van der Waals surface area (Å²) in [5.41, 5.74) is 2.47. The molecule has 1 aliphatic heterocycles. The second-order valence-corrected chi connectivity index (χ2v) is 5.87. The maximum absolute atomic E-state index is 12.4. The van der Waals surface area contributed by atoms with Crippen LogP contribution in [0.15, 0.2) is 64.4 Å². The highest BCUT2D eigenvalue weighted by Crippen LogP contribution is 2.42. The predicted octanol–water partition coefficient (Wildman–Crippen LogP) is 4.30. The third-order valence-electron chi connectivity index (χ3n) is 3.48. The molecule has 0 saturated heterocycles. The molecule has 3 heteroatoms. The van der Waals surface area contributed by atoms with E-state index in [0.29, 0.717) is 16.0 Å². The summed E-state index contributed by atoms with van der Waals surface area (Å²) in [7, 11) is 0. The average Bonchev–Trinajstić information content (AvgIpc) is 2.84. The van der Waals surface area contributed by atoms with E-state index in [1.807, 2.05) is 36.4 Å². The second kappa shape index (κ2) is 5.70. The van der Waals surface area contributed by atoms with E-state index in [2.05, 4.69) is 6.92 Å². The van der Waals surface area contributed by atoms with E-state index in [1.54, 1.807) is 12.1 Å². The number of ketones is 2. The number of aryl methyl sites for hydroxylation is 1. The van der Waals surface area contributed by atoms with Gasteiger partial charge in [0, 0.05) is 22.1 Å². The minimum absolute atomic E-state index is 0.0467. The minimum atomic E-state index is -0.127. The highest BCUT2D eigenvalue weighted by Gasteiger charge is 2.28. The summed E-state index contributed by atoms with van der Waals surface area (Å²) in [6, 6.07) is 14.8. The van der Waals surface area contributed by atoms with Crippen LogP contribution in [0.3, 0.4) is 0 Å². The van der Waals surface area contributed by atoms with Crippen molar-refractivity contribution in [2.75, 3.05) is 0 Å². The van der Waals surface area contributed by atoms with Crippen LogP contribution in [0.4, 0.5) is 0 Å². The summed E-state index contributed by atoms with van der Waals surface area (Å²) in [6.07, 6.45) is 2.34. The molecule has 0 unspecified atom stereocenters. The van der Waals surface area contributed by atoms with Gasteiger partial charge in [-0.25, -0.2) is 0 Å². The first-order valence-electron chi connectivity index (χ1n) is 6.86. The molecule has 2 aromatic carbocycles. The van der Waals surface area contributed by atoms with Crippen molar-refractivity contribution in [1.29, 1.82) is 0 Å². The summed E-state index contributed by atoms with van der Waals surface area (Å²) >= 11 is 1.41. The fourth-order valence-electron chi connectivity index (χ4n) is 2.35. The molecule has 0 aliphatic carbocycles.